The van der Waals surface area contributed by atoms with E-state index in [2.05, 4.69) is 6.92 Å². The van der Waals surface area contributed by atoms with E-state index in [4.69, 9.17) is 15.2 Å². The second-order valence-electron chi connectivity index (χ2n) is 5.15. The highest BCUT2D eigenvalue weighted by atomic mass is 16.6. The van der Waals surface area contributed by atoms with Gasteiger partial charge in [0.05, 0.1) is 12.0 Å². The fraction of sp³-hybridized carbons (Fsp3) is 0.929. The van der Waals surface area contributed by atoms with Gasteiger partial charge in [-0.25, -0.2) is 0 Å². The third-order valence-electron chi connectivity index (χ3n) is 3.69. The van der Waals surface area contributed by atoms with Gasteiger partial charge in [0, 0.05) is 13.2 Å². The molecule has 1 saturated carbocycles. The molecule has 0 aliphatic heterocycles. The fourth-order valence-electron chi connectivity index (χ4n) is 2.49. The lowest BCUT2D eigenvalue weighted by Gasteiger charge is -2.28. The second-order valence-corrected chi connectivity index (χ2v) is 5.15. The Hall–Kier alpha value is -0.610. The molecule has 4 heteroatoms. The van der Waals surface area contributed by atoms with Crippen LogP contribution in [-0.2, 0) is 14.3 Å². The number of nitrogens with two attached hydrogens (primary N) is 1. The minimum atomic E-state index is -0.429. The average molecular weight is 257 g/mol. The van der Waals surface area contributed by atoms with Gasteiger partial charge in [-0.15, -0.1) is 0 Å². The van der Waals surface area contributed by atoms with Crippen LogP contribution < -0.4 is 5.73 Å². The summed E-state index contributed by atoms with van der Waals surface area (Å²) >= 11 is 0. The molecule has 1 fully saturated rings. The molecule has 18 heavy (non-hydrogen) atoms. The zero-order chi connectivity index (χ0) is 13.3. The standard InChI is InChI=1S/C14H27NO3/c1-2-9-17-10-11-18-13(16)14(12-15)7-5-3-4-6-8-14/h2-12,15H2,1H3. The number of ether oxygens (including phenoxy) is 2. The van der Waals surface area contributed by atoms with Crippen LogP contribution in [0.2, 0.25) is 0 Å². The molecule has 0 spiro atoms. The molecule has 0 radical (unpaired) electrons. The molecule has 2 N–H and O–H groups in total. The Morgan fingerprint density at radius 1 is 1.11 bits per heavy atom. The van der Waals surface area contributed by atoms with Crippen molar-refractivity contribution in [1.29, 1.82) is 0 Å². The molecular formula is C14H27NO3. The van der Waals surface area contributed by atoms with Crippen molar-refractivity contribution >= 4 is 5.97 Å². The highest BCUT2D eigenvalue weighted by Crippen LogP contribution is 2.35. The first-order chi connectivity index (χ1) is 8.75. The summed E-state index contributed by atoms with van der Waals surface area (Å²) in [6.45, 7) is 4.02. The highest BCUT2D eigenvalue weighted by Gasteiger charge is 2.38. The topological polar surface area (TPSA) is 61.5 Å². The predicted octanol–water partition coefficient (Wildman–Crippen LogP) is 2.26. The van der Waals surface area contributed by atoms with Gasteiger partial charge in [0.25, 0.3) is 0 Å². The van der Waals surface area contributed by atoms with Crippen molar-refractivity contribution in [2.24, 2.45) is 11.1 Å². The second kappa shape index (κ2) is 8.48. The van der Waals surface area contributed by atoms with Gasteiger partial charge < -0.3 is 15.2 Å². The van der Waals surface area contributed by atoms with Crippen LogP contribution in [0.4, 0.5) is 0 Å². The Labute approximate surface area is 110 Å². The molecule has 4 nitrogen and oxygen atoms in total. The molecule has 0 saturated heterocycles. The lowest BCUT2D eigenvalue weighted by molar-refractivity contribution is -0.157. The average Bonchev–Trinajstić information content (AvgIpc) is 2.64. The van der Waals surface area contributed by atoms with Crippen LogP contribution in [0.1, 0.15) is 51.9 Å². The Kier molecular flexibility index (Phi) is 7.28. The molecule has 1 aliphatic rings. The molecule has 0 atom stereocenters. The minimum Gasteiger partial charge on any atom is -0.463 e. The molecule has 1 aliphatic carbocycles. The Morgan fingerprint density at radius 2 is 1.78 bits per heavy atom. The molecule has 0 amide bonds. The quantitative estimate of drug-likeness (QED) is 0.432. The summed E-state index contributed by atoms with van der Waals surface area (Å²) < 4.78 is 10.6. The summed E-state index contributed by atoms with van der Waals surface area (Å²) in [4.78, 5) is 12.2. The zero-order valence-electron chi connectivity index (χ0n) is 11.6. The highest BCUT2D eigenvalue weighted by molar-refractivity contribution is 5.77. The van der Waals surface area contributed by atoms with E-state index in [1.165, 1.54) is 12.8 Å². The first-order valence-electron chi connectivity index (χ1n) is 7.20. The third-order valence-corrected chi connectivity index (χ3v) is 3.69. The van der Waals surface area contributed by atoms with Crippen LogP contribution in [-0.4, -0.2) is 32.3 Å². The number of hydrogen-bond acceptors (Lipinski definition) is 4. The van der Waals surface area contributed by atoms with Crippen molar-refractivity contribution < 1.29 is 14.3 Å². The number of rotatable bonds is 7. The van der Waals surface area contributed by atoms with E-state index in [1.807, 2.05) is 0 Å². The van der Waals surface area contributed by atoms with Gasteiger partial charge in [-0.3, -0.25) is 4.79 Å². The van der Waals surface area contributed by atoms with E-state index in [1.54, 1.807) is 0 Å². The van der Waals surface area contributed by atoms with E-state index in [9.17, 15) is 4.79 Å². The number of carbonyl (C=O) groups excluding carboxylic acids is 1. The molecule has 106 valence electrons. The molecular weight excluding hydrogens is 230 g/mol. The maximum atomic E-state index is 12.2. The zero-order valence-corrected chi connectivity index (χ0v) is 11.6. The van der Waals surface area contributed by atoms with Gasteiger partial charge in [-0.1, -0.05) is 32.6 Å². The number of esters is 1. The molecule has 0 aromatic rings. The molecule has 0 aromatic carbocycles. The van der Waals surface area contributed by atoms with Crippen LogP contribution in [0.15, 0.2) is 0 Å². The van der Waals surface area contributed by atoms with Crippen LogP contribution in [0, 0.1) is 5.41 Å². The van der Waals surface area contributed by atoms with Crippen LogP contribution in [0.5, 0.6) is 0 Å². The van der Waals surface area contributed by atoms with Gasteiger partial charge in [0.15, 0.2) is 0 Å². The smallest absolute Gasteiger partial charge is 0.313 e. The monoisotopic (exact) mass is 257 g/mol. The predicted molar refractivity (Wildman–Crippen MR) is 71.3 cm³/mol. The van der Waals surface area contributed by atoms with Crippen molar-refractivity contribution in [2.45, 2.75) is 51.9 Å². The van der Waals surface area contributed by atoms with Crippen molar-refractivity contribution in [3.8, 4) is 0 Å². The van der Waals surface area contributed by atoms with Gasteiger partial charge >= 0.3 is 5.97 Å². The van der Waals surface area contributed by atoms with Crippen LogP contribution >= 0.6 is 0 Å². The summed E-state index contributed by atoms with van der Waals surface area (Å²) in [5.74, 6) is -0.119. The molecule has 0 unspecified atom stereocenters. The largest absolute Gasteiger partial charge is 0.463 e. The molecule has 0 bridgehead atoms. The van der Waals surface area contributed by atoms with E-state index >= 15 is 0 Å². The number of carbonyl (C=O) groups is 1. The van der Waals surface area contributed by atoms with Crippen molar-refractivity contribution in [3.05, 3.63) is 0 Å². The van der Waals surface area contributed by atoms with Crippen LogP contribution in [0.3, 0.4) is 0 Å². The molecule has 1 rings (SSSR count). The molecule has 0 heterocycles. The molecule has 0 aromatic heterocycles. The lowest BCUT2D eigenvalue weighted by atomic mass is 9.80. The summed E-state index contributed by atoms with van der Waals surface area (Å²) in [6, 6.07) is 0. The van der Waals surface area contributed by atoms with Gasteiger partial charge in [0.1, 0.15) is 6.61 Å². The maximum Gasteiger partial charge on any atom is 0.313 e. The van der Waals surface area contributed by atoms with Crippen molar-refractivity contribution in [1.82, 2.24) is 0 Å². The lowest BCUT2D eigenvalue weighted by Crippen LogP contribution is -2.40. The van der Waals surface area contributed by atoms with Crippen molar-refractivity contribution in [2.75, 3.05) is 26.4 Å². The summed E-state index contributed by atoms with van der Waals surface area (Å²) in [5.41, 5.74) is 5.40. The Morgan fingerprint density at radius 3 is 2.33 bits per heavy atom. The van der Waals surface area contributed by atoms with E-state index in [-0.39, 0.29) is 5.97 Å². The van der Waals surface area contributed by atoms with Gasteiger partial charge in [-0.2, -0.15) is 0 Å². The normalized spacial score (nSPS) is 19.2. The van der Waals surface area contributed by atoms with Crippen LogP contribution in [0.25, 0.3) is 0 Å². The minimum absolute atomic E-state index is 0.119. The fourth-order valence-corrected chi connectivity index (χ4v) is 2.49. The van der Waals surface area contributed by atoms with Gasteiger partial charge in [0.2, 0.25) is 0 Å². The van der Waals surface area contributed by atoms with Gasteiger partial charge in [-0.05, 0) is 19.3 Å². The Bertz CT molecular complexity index is 235. The van der Waals surface area contributed by atoms with E-state index in [0.717, 1.165) is 38.7 Å². The summed E-state index contributed by atoms with van der Waals surface area (Å²) in [6.07, 6.45) is 7.30. The maximum absolute atomic E-state index is 12.2. The first kappa shape index (κ1) is 15.4. The number of hydrogen-bond donors (Lipinski definition) is 1. The van der Waals surface area contributed by atoms with Crippen molar-refractivity contribution in [3.63, 3.8) is 0 Å². The SMILES string of the molecule is CCCOCCOC(=O)C1(CN)CCCCCC1. The summed E-state index contributed by atoms with van der Waals surface area (Å²) in [5, 5.41) is 0. The van der Waals surface area contributed by atoms with E-state index in [0.29, 0.717) is 19.8 Å². The summed E-state index contributed by atoms with van der Waals surface area (Å²) in [7, 11) is 0. The van der Waals surface area contributed by atoms with E-state index < -0.39 is 5.41 Å². The first-order valence-corrected chi connectivity index (χ1v) is 7.20. The Balaban J connectivity index is 2.35. The third kappa shape index (κ3) is 4.58.